The molecule has 1 aromatic carbocycles. The van der Waals surface area contributed by atoms with Crippen LogP contribution in [0.25, 0.3) is 0 Å². The Hall–Kier alpha value is -1.61. The first-order valence-corrected chi connectivity index (χ1v) is 7.31. The van der Waals surface area contributed by atoms with E-state index in [9.17, 15) is 0 Å². The van der Waals surface area contributed by atoms with Gasteiger partial charge in [0.2, 0.25) is 0 Å². The second-order valence-electron chi connectivity index (χ2n) is 4.82. The number of nitrogens with zero attached hydrogens (tertiary/aromatic N) is 3. The van der Waals surface area contributed by atoms with E-state index in [1.807, 2.05) is 29.1 Å². The Labute approximate surface area is 154 Å². The van der Waals surface area contributed by atoms with Crippen LogP contribution in [0.4, 0.5) is 0 Å². The Balaban J connectivity index is 0.00000264. The molecule has 2 aromatic rings. The van der Waals surface area contributed by atoms with E-state index < -0.39 is 0 Å². The van der Waals surface area contributed by atoms with Gasteiger partial charge in [0.15, 0.2) is 5.96 Å². The minimum Gasteiger partial charge on any atom is -0.383 e. The number of nitrogens with one attached hydrogen (secondary N) is 2. The number of guanidine groups is 1. The summed E-state index contributed by atoms with van der Waals surface area (Å²) in [5.41, 5.74) is 2.47. The lowest BCUT2D eigenvalue weighted by Gasteiger charge is -2.14. The highest BCUT2D eigenvalue weighted by atomic mass is 127. The Morgan fingerprint density at radius 1 is 1.22 bits per heavy atom. The summed E-state index contributed by atoms with van der Waals surface area (Å²) >= 11 is 0. The van der Waals surface area contributed by atoms with Crippen molar-refractivity contribution >= 4 is 29.9 Å². The van der Waals surface area contributed by atoms with Crippen LogP contribution in [0, 0.1) is 0 Å². The van der Waals surface area contributed by atoms with Gasteiger partial charge in [0.05, 0.1) is 13.2 Å². The molecule has 0 saturated heterocycles. The summed E-state index contributed by atoms with van der Waals surface area (Å²) in [6.45, 7) is 2.85. The van der Waals surface area contributed by atoms with Crippen LogP contribution in [0.5, 0.6) is 0 Å². The van der Waals surface area contributed by atoms with E-state index in [2.05, 4.69) is 32.9 Å². The summed E-state index contributed by atoms with van der Waals surface area (Å²) < 4.78 is 6.94. The fourth-order valence-corrected chi connectivity index (χ4v) is 2.12. The number of rotatable bonds is 7. The van der Waals surface area contributed by atoms with Crippen LogP contribution in [0.3, 0.4) is 0 Å². The first-order valence-electron chi connectivity index (χ1n) is 7.31. The average Bonchev–Trinajstić information content (AvgIpc) is 3.05. The standard InChI is InChI=1S/C16H23N5O.HI/c1-17-16(18-9-11-22-2)19-12-14-6-3-4-7-15(14)13-21-10-5-8-20-21;/h3-8,10H,9,11-13H2,1-2H3,(H2,17,18,19);1H. The highest BCUT2D eigenvalue weighted by molar-refractivity contribution is 14.0. The van der Waals surface area contributed by atoms with Crippen LogP contribution >= 0.6 is 24.0 Å². The largest absolute Gasteiger partial charge is 0.383 e. The van der Waals surface area contributed by atoms with E-state index in [0.29, 0.717) is 13.2 Å². The van der Waals surface area contributed by atoms with Crippen LogP contribution in [-0.2, 0) is 17.8 Å². The number of aromatic nitrogens is 2. The maximum atomic E-state index is 5.02. The summed E-state index contributed by atoms with van der Waals surface area (Å²) in [5, 5.41) is 10.8. The lowest BCUT2D eigenvalue weighted by molar-refractivity contribution is 0.203. The Bertz CT molecular complexity index is 586. The van der Waals surface area contributed by atoms with Crippen molar-refractivity contribution in [2.75, 3.05) is 27.3 Å². The van der Waals surface area contributed by atoms with Crippen molar-refractivity contribution in [3.05, 3.63) is 53.9 Å². The third-order valence-corrected chi connectivity index (χ3v) is 3.28. The highest BCUT2D eigenvalue weighted by Gasteiger charge is 2.04. The lowest BCUT2D eigenvalue weighted by Crippen LogP contribution is -2.38. The zero-order valence-electron chi connectivity index (χ0n) is 13.5. The molecule has 23 heavy (non-hydrogen) atoms. The van der Waals surface area contributed by atoms with Gasteiger partial charge in [-0.25, -0.2) is 0 Å². The molecule has 0 atom stereocenters. The van der Waals surface area contributed by atoms with Crippen molar-refractivity contribution in [1.29, 1.82) is 0 Å². The minimum atomic E-state index is 0. The molecule has 0 saturated carbocycles. The molecule has 0 aliphatic carbocycles. The SMILES string of the molecule is CN=C(NCCOC)NCc1ccccc1Cn1cccn1.I. The van der Waals surface area contributed by atoms with Gasteiger partial charge in [-0.2, -0.15) is 5.10 Å². The molecule has 0 aliphatic heterocycles. The van der Waals surface area contributed by atoms with Gasteiger partial charge in [-0.1, -0.05) is 24.3 Å². The summed E-state index contributed by atoms with van der Waals surface area (Å²) in [4.78, 5) is 4.20. The molecule has 0 aliphatic rings. The van der Waals surface area contributed by atoms with Gasteiger partial charge >= 0.3 is 0 Å². The maximum Gasteiger partial charge on any atom is 0.191 e. The number of hydrogen-bond acceptors (Lipinski definition) is 3. The molecule has 0 radical (unpaired) electrons. The van der Waals surface area contributed by atoms with Gasteiger partial charge in [0.1, 0.15) is 0 Å². The highest BCUT2D eigenvalue weighted by Crippen LogP contribution is 2.10. The zero-order chi connectivity index (χ0) is 15.6. The normalized spacial score (nSPS) is 11.0. The molecule has 1 aromatic heterocycles. The second-order valence-corrected chi connectivity index (χ2v) is 4.82. The van der Waals surface area contributed by atoms with E-state index in [-0.39, 0.29) is 24.0 Å². The number of halogens is 1. The lowest BCUT2D eigenvalue weighted by atomic mass is 10.1. The summed E-state index contributed by atoms with van der Waals surface area (Å²) in [6.07, 6.45) is 3.76. The van der Waals surface area contributed by atoms with E-state index in [4.69, 9.17) is 4.74 Å². The van der Waals surface area contributed by atoms with Gasteiger partial charge < -0.3 is 15.4 Å². The van der Waals surface area contributed by atoms with Gasteiger partial charge in [0.25, 0.3) is 0 Å². The number of methoxy groups -OCH3 is 1. The molecule has 0 unspecified atom stereocenters. The van der Waals surface area contributed by atoms with Crippen LogP contribution in [-0.4, -0.2) is 43.0 Å². The van der Waals surface area contributed by atoms with E-state index in [0.717, 1.165) is 19.0 Å². The molecule has 2 rings (SSSR count). The van der Waals surface area contributed by atoms with E-state index in [1.165, 1.54) is 11.1 Å². The molecule has 2 N–H and O–H groups in total. The first-order chi connectivity index (χ1) is 10.8. The number of benzene rings is 1. The van der Waals surface area contributed by atoms with Gasteiger partial charge in [0, 0.05) is 39.6 Å². The maximum absolute atomic E-state index is 5.02. The number of aliphatic imine (C=N–C) groups is 1. The predicted octanol–water partition coefficient (Wildman–Crippen LogP) is 1.86. The topological polar surface area (TPSA) is 63.5 Å². The predicted molar refractivity (Wildman–Crippen MR) is 103 cm³/mol. The van der Waals surface area contributed by atoms with Crippen molar-refractivity contribution in [3.63, 3.8) is 0 Å². The molecule has 0 spiro atoms. The number of ether oxygens (including phenoxy) is 1. The molecule has 0 amide bonds. The molecule has 1 heterocycles. The van der Waals surface area contributed by atoms with E-state index in [1.54, 1.807) is 20.4 Å². The molecule has 126 valence electrons. The summed E-state index contributed by atoms with van der Waals surface area (Å²) in [6, 6.07) is 10.3. The molecular formula is C16H24IN5O. The van der Waals surface area contributed by atoms with Crippen molar-refractivity contribution in [2.24, 2.45) is 4.99 Å². The third kappa shape index (κ3) is 6.57. The molecule has 6 nitrogen and oxygen atoms in total. The quantitative estimate of drug-likeness (QED) is 0.305. The molecular weight excluding hydrogens is 405 g/mol. The minimum absolute atomic E-state index is 0. The number of hydrogen-bond donors (Lipinski definition) is 2. The van der Waals surface area contributed by atoms with Crippen LogP contribution in [0.1, 0.15) is 11.1 Å². The van der Waals surface area contributed by atoms with Crippen LogP contribution in [0.2, 0.25) is 0 Å². The van der Waals surface area contributed by atoms with Crippen LogP contribution < -0.4 is 10.6 Å². The average molecular weight is 429 g/mol. The zero-order valence-corrected chi connectivity index (χ0v) is 15.9. The van der Waals surface area contributed by atoms with E-state index >= 15 is 0 Å². The summed E-state index contributed by atoms with van der Waals surface area (Å²) in [7, 11) is 3.45. The smallest absolute Gasteiger partial charge is 0.191 e. The van der Waals surface area contributed by atoms with Gasteiger partial charge in [-0.3, -0.25) is 9.67 Å². The fourth-order valence-electron chi connectivity index (χ4n) is 2.12. The molecule has 0 bridgehead atoms. The first kappa shape index (κ1) is 19.4. The fraction of sp³-hybridized carbons (Fsp3) is 0.375. The van der Waals surface area contributed by atoms with Gasteiger partial charge in [-0.05, 0) is 17.2 Å². The monoisotopic (exact) mass is 429 g/mol. The second kappa shape index (κ2) is 11.0. The third-order valence-electron chi connectivity index (χ3n) is 3.28. The van der Waals surface area contributed by atoms with Gasteiger partial charge in [-0.15, -0.1) is 24.0 Å². The Morgan fingerprint density at radius 2 is 2.00 bits per heavy atom. The van der Waals surface area contributed by atoms with Crippen molar-refractivity contribution in [2.45, 2.75) is 13.1 Å². The molecule has 0 fully saturated rings. The van der Waals surface area contributed by atoms with Crippen molar-refractivity contribution in [1.82, 2.24) is 20.4 Å². The van der Waals surface area contributed by atoms with Crippen molar-refractivity contribution in [3.8, 4) is 0 Å². The Morgan fingerprint density at radius 3 is 2.65 bits per heavy atom. The van der Waals surface area contributed by atoms with Crippen molar-refractivity contribution < 1.29 is 4.74 Å². The summed E-state index contributed by atoms with van der Waals surface area (Å²) in [5.74, 6) is 0.769. The van der Waals surface area contributed by atoms with Crippen LogP contribution in [0.15, 0.2) is 47.7 Å². The Kier molecular flexibility index (Phi) is 9.30. The molecule has 7 heteroatoms.